The molecule has 0 aromatic heterocycles. The summed E-state index contributed by atoms with van der Waals surface area (Å²) in [5, 5.41) is 3.74. The Kier molecular flexibility index (Phi) is 6.87. The van der Waals surface area contributed by atoms with Crippen LogP contribution >= 0.6 is 11.6 Å². The van der Waals surface area contributed by atoms with Gasteiger partial charge in [-0.15, -0.1) is 0 Å². The summed E-state index contributed by atoms with van der Waals surface area (Å²) in [7, 11) is -0.495. The number of carbonyl (C=O) groups is 1. The normalized spacial score (nSPS) is 17.5. The van der Waals surface area contributed by atoms with Gasteiger partial charge in [0.05, 0.1) is 16.4 Å². The van der Waals surface area contributed by atoms with Crippen molar-refractivity contribution >= 4 is 27.5 Å². The first-order chi connectivity index (χ1) is 14.2. The highest BCUT2D eigenvalue weighted by molar-refractivity contribution is 7.89. The average Bonchev–Trinajstić information content (AvgIpc) is 2.74. The van der Waals surface area contributed by atoms with Crippen molar-refractivity contribution in [2.45, 2.75) is 36.1 Å². The van der Waals surface area contributed by atoms with Gasteiger partial charge in [0, 0.05) is 32.3 Å². The molecule has 2 aromatic carbocycles. The summed E-state index contributed by atoms with van der Waals surface area (Å²) in [4.78, 5) is 13.6. The van der Waals surface area contributed by atoms with E-state index >= 15 is 0 Å². The van der Waals surface area contributed by atoms with Crippen LogP contribution < -0.4 is 5.32 Å². The van der Waals surface area contributed by atoms with Crippen molar-refractivity contribution in [2.24, 2.45) is 0 Å². The second-order valence-electron chi connectivity index (χ2n) is 7.75. The molecule has 1 unspecified atom stereocenters. The molecule has 0 saturated carbocycles. The van der Waals surface area contributed by atoms with Crippen LogP contribution in [0, 0.1) is 0 Å². The Bertz CT molecular complexity index is 983. The molecular weight excluding hydrogens is 424 g/mol. The Morgan fingerprint density at radius 1 is 1.07 bits per heavy atom. The SMILES string of the molecule is CC(NC(=O)C1(c2ccc(Cl)cc2)CCOCC1)c1ccc(S(=O)(=O)N(C)C)cc1. The zero-order valence-electron chi connectivity index (χ0n) is 17.4. The van der Waals surface area contributed by atoms with Gasteiger partial charge in [-0.05, 0) is 55.2 Å². The number of nitrogens with one attached hydrogen (secondary N) is 1. The molecule has 162 valence electrons. The predicted octanol–water partition coefficient (Wildman–Crippen LogP) is 3.52. The minimum atomic E-state index is -3.49. The number of carbonyl (C=O) groups excluding carboxylic acids is 1. The number of nitrogens with zero attached hydrogens (tertiary/aromatic N) is 1. The summed E-state index contributed by atoms with van der Waals surface area (Å²) in [5.74, 6) is -0.0642. The molecule has 2 aromatic rings. The van der Waals surface area contributed by atoms with Gasteiger partial charge in [0.15, 0.2) is 0 Å². The van der Waals surface area contributed by atoms with E-state index in [1.807, 2.05) is 19.1 Å². The molecule has 1 saturated heterocycles. The average molecular weight is 451 g/mol. The molecule has 0 radical (unpaired) electrons. The summed E-state index contributed by atoms with van der Waals surface area (Å²) in [6.07, 6.45) is 1.18. The largest absolute Gasteiger partial charge is 0.381 e. The van der Waals surface area contributed by atoms with Gasteiger partial charge in [0.25, 0.3) is 0 Å². The summed E-state index contributed by atoms with van der Waals surface area (Å²) < 4.78 is 31.2. The minimum absolute atomic E-state index is 0.0642. The topological polar surface area (TPSA) is 75.7 Å². The van der Waals surface area contributed by atoms with Crippen molar-refractivity contribution in [1.29, 1.82) is 0 Å². The number of rotatable bonds is 6. The second-order valence-corrected chi connectivity index (χ2v) is 10.3. The number of ether oxygens (including phenoxy) is 1. The molecule has 1 aliphatic heterocycles. The van der Waals surface area contributed by atoms with E-state index in [9.17, 15) is 13.2 Å². The number of hydrogen-bond acceptors (Lipinski definition) is 4. The van der Waals surface area contributed by atoms with Crippen molar-refractivity contribution in [3.63, 3.8) is 0 Å². The molecule has 0 bridgehead atoms. The summed E-state index contributed by atoms with van der Waals surface area (Å²) in [5.41, 5.74) is 1.08. The Hall–Kier alpha value is -1.93. The van der Waals surface area contributed by atoms with E-state index in [0.29, 0.717) is 31.1 Å². The van der Waals surface area contributed by atoms with Gasteiger partial charge >= 0.3 is 0 Å². The fourth-order valence-electron chi connectivity index (χ4n) is 3.69. The lowest BCUT2D eigenvalue weighted by Crippen LogP contribution is -2.48. The second kappa shape index (κ2) is 9.06. The summed E-state index contributed by atoms with van der Waals surface area (Å²) >= 11 is 6.03. The highest BCUT2D eigenvalue weighted by Crippen LogP contribution is 2.36. The third-order valence-electron chi connectivity index (χ3n) is 5.68. The lowest BCUT2D eigenvalue weighted by Gasteiger charge is -2.37. The number of sulfonamides is 1. The fraction of sp³-hybridized carbons (Fsp3) is 0.409. The van der Waals surface area contributed by atoms with Crippen molar-refractivity contribution in [1.82, 2.24) is 9.62 Å². The van der Waals surface area contributed by atoms with Crippen molar-refractivity contribution < 1.29 is 17.9 Å². The van der Waals surface area contributed by atoms with E-state index in [0.717, 1.165) is 11.1 Å². The van der Waals surface area contributed by atoms with E-state index in [-0.39, 0.29) is 16.8 Å². The van der Waals surface area contributed by atoms with Crippen LogP contribution in [-0.4, -0.2) is 45.9 Å². The molecule has 1 amide bonds. The lowest BCUT2D eigenvalue weighted by molar-refractivity contribution is -0.131. The number of hydrogen-bond donors (Lipinski definition) is 1. The molecule has 30 heavy (non-hydrogen) atoms. The van der Waals surface area contributed by atoms with Crippen LogP contribution in [0.25, 0.3) is 0 Å². The van der Waals surface area contributed by atoms with Crippen LogP contribution in [0.1, 0.15) is 36.9 Å². The molecule has 0 spiro atoms. The van der Waals surface area contributed by atoms with E-state index in [1.165, 1.54) is 18.4 Å². The van der Waals surface area contributed by atoms with Crippen LogP contribution in [-0.2, 0) is 25.0 Å². The van der Waals surface area contributed by atoms with Crippen LogP contribution in [0.3, 0.4) is 0 Å². The van der Waals surface area contributed by atoms with Gasteiger partial charge in [-0.25, -0.2) is 12.7 Å². The van der Waals surface area contributed by atoms with Gasteiger partial charge in [0.1, 0.15) is 0 Å². The predicted molar refractivity (Wildman–Crippen MR) is 117 cm³/mol. The summed E-state index contributed by atoms with van der Waals surface area (Å²) in [6.45, 7) is 2.92. The lowest BCUT2D eigenvalue weighted by atomic mass is 9.73. The van der Waals surface area contributed by atoms with Crippen molar-refractivity contribution in [2.75, 3.05) is 27.3 Å². The quantitative estimate of drug-likeness (QED) is 0.730. The maximum absolute atomic E-state index is 13.4. The van der Waals surface area contributed by atoms with E-state index < -0.39 is 15.4 Å². The number of benzene rings is 2. The smallest absolute Gasteiger partial charge is 0.242 e. The molecule has 8 heteroatoms. The monoisotopic (exact) mass is 450 g/mol. The van der Waals surface area contributed by atoms with Crippen molar-refractivity contribution in [3.8, 4) is 0 Å². The van der Waals surface area contributed by atoms with Gasteiger partial charge in [0.2, 0.25) is 15.9 Å². The maximum Gasteiger partial charge on any atom is 0.242 e. The minimum Gasteiger partial charge on any atom is -0.381 e. The fourth-order valence-corrected chi connectivity index (χ4v) is 4.72. The molecule has 0 aliphatic carbocycles. The first-order valence-corrected chi connectivity index (χ1v) is 11.7. The molecule has 1 fully saturated rings. The van der Waals surface area contributed by atoms with Crippen LogP contribution in [0.5, 0.6) is 0 Å². The molecule has 3 rings (SSSR count). The van der Waals surface area contributed by atoms with E-state index in [2.05, 4.69) is 5.32 Å². The van der Waals surface area contributed by atoms with Gasteiger partial charge < -0.3 is 10.1 Å². The Balaban J connectivity index is 1.81. The zero-order valence-corrected chi connectivity index (χ0v) is 19.0. The summed E-state index contributed by atoms with van der Waals surface area (Å²) in [6, 6.07) is 13.7. The molecule has 1 N–H and O–H groups in total. The van der Waals surface area contributed by atoms with Crippen molar-refractivity contribution in [3.05, 3.63) is 64.7 Å². The molecule has 1 heterocycles. The highest BCUT2D eigenvalue weighted by atomic mass is 35.5. The first-order valence-electron chi connectivity index (χ1n) is 9.84. The number of halogens is 1. The third kappa shape index (κ3) is 4.54. The van der Waals surface area contributed by atoms with Crippen LogP contribution in [0.4, 0.5) is 0 Å². The Morgan fingerprint density at radius 3 is 2.17 bits per heavy atom. The number of amides is 1. The molecule has 1 atom stereocenters. The van der Waals surface area contributed by atoms with Gasteiger partial charge in [-0.2, -0.15) is 0 Å². The first kappa shape index (κ1) is 22.7. The van der Waals surface area contributed by atoms with E-state index in [4.69, 9.17) is 16.3 Å². The zero-order chi connectivity index (χ0) is 21.9. The highest BCUT2D eigenvalue weighted by Gasteiger charge is 2.42. The Morgan fingerprint density at radius 2 is 1.63 bits per heavy atom. The molecule has 1 aliphatic rings. The Labute approximate surface area is 183 Å². The third-order valence-corrected chi connectivity index (χ3v) is 7.77. The molecular formula is C22H27ClN2O4S. The van der Waals surface area contributed by atoms with E-state index in [1.54, 1.807) is 36.4 Å². The standard InChI is InChI=1S/C22H27ClN2O4S/c1-16(17-4-10-20(11-5-17)30(27,28)25(2)3)24-21(26)22(12-14-29-15-13-22)18-6-8-19(23)9-7-18/h4-11,16H,12-15H2,1-3H3,(H,24,26). The maximum atomic E-state index is 13.4. The van der Waals surface area contributed by atoms with Crippen LogP contribution in [0.2, 0.25) is 5.02 Å². The van der Waals surface area contributed by atoms with Gasteiger partial charge in [-0.1, -0.05) is 35.9 Å². The molecule has 6 nitrogen and oxygen atoms in total. The van der Waals surface area contributed by atoms with Gasteiger partial charge in [-0.3, -0.25) is 4.79 Å². The van der Waals surface area contributed by atoms with Crippen LogP contribution in [0.15, 0.2) is 53.4 Å².